The van der Waals surface area contributed by atoms with Crippen LogP contribution < -0.4 is 0 Å². The van der Waals surface area contributed by atoms with Crippen LogP contribution in [0.2, 0.25) is 0 Å². The zero-order chi connectivity index (χ0) is 12.5. The van der Waals surface area contributed by atoms with Gasteiger partial charge in [0.25, 0.3) is 0 Å². The van der Waals surface area contributed by atoms with Crippen molar-refractivity contribution >= 4 is 0 Å². The molecule has 0 radical (unpaired) electrons. The van der Waals surface area contributed by atoms with E-state index < -0.39 is 0 Å². The molecule has 1 fully saturated rings. The Bertz CT molecular complexity index is 386. The van der Waals surface area contributed by atoms with E-state index in [2.05, 4.69) is 31.7 Å². The largest absolute Gasteiger partial charge is 0.507 e. The molecule has 0 unspecified atom stereocenters. The molecule has 1 heterocycles. The van der Waals surface area contributed by atoms with E-state index in [4.69, 9.17) is 0 Å². The first-order valence-corrected chi connectivity index (χ1v) is 6.52. The summed E-state index contributed by atoms with van der Waals surface area (Å²) in [5.41, 5.74) is 2.12. The number of likely N-dealkylation sites (tertiary alicyclic amines) is 1. The Labute approximate surface area is 104 Å². The van der Waals surface area contributed by atoms with Crippen LogP contribution in [0.3, 0.4) is 0 Å². The van der Waals surface area contributed by atoms with Crippen molar-refractivity contribution < 1.29 is 5.11 Å². The van der Waals surface area contributed by atoms with Crippen LogP contribution in [0.4, 0.5) is 0 Å². The fourth-order valence-electron chi connectivity index (χ4n) is 2.51. The maximum atomic E-state index is 10.4. The van der Waals surface area contributed by atoms with Gasteiger partial charge in [0.05, 0.1) is 0 Å². The number of hydrogen-bond donors (Lipinski definition) is 1. The normalized spacial score (nSPS) is 17.6. The Kier molecular flexibility index (Phi) is 3.43. The molecule has 2 heteroatoms. The van der Waals surface area contributed by atoms with Gasteiger partial charge in [0.2, 0.25) is 0 Å². The minimum Gasteiger partial charge on any atom is -0.507 e. The lowest BCUT2D eigenvalue weighted by Crippen LogP contribution is -2.19. The molecule has 0 bridgehead atoms. The number of phenols is 1. The Morgan fingerprint density at radius 1 is 1.18 bits per heavy atom. The number of rotatable bonds is 2. The van der Waals surface area contributed by atoms with Crippen LogP contribution in [0.15, 0.2) is 18.2 Å². The van der Waals surface area contributed by atoms with E-state index in [1.54, 1.807) is 0 Å². The molecule has 0 saturated carbocycles. The minimum atomic E-state index is 0.00506. The van der Waals surface area contributed by atoms with Gasteiger partial charge in [-0.25, -0.2) is 0 Å². The summed E-state index contributed by atoms with van der Waals surface area (Å²) in [4.78, 5) is 2.42. The summed E-state index contributed by atoms with van der Waals surface area (Å²) in [5.74, 6) is 0.493. The zero-order valence-corrected chi connectivity index (χ0v) is 11.2. The third kappa shape index (κ3) is 2.81. The lowest BCUT2D eigenvalue weighted by Gasteiger charge is -2.23. The Morgan fingerprint density at radius 3 is 2.41 bits per heavy atom. The predicted octanol–water partition coefficient (Wildman–Crippen LogP) is 3.29. The van der Waals surface area contributed by atoms with Crippen molar-refractivity contribution in [3.05, 3.63) is 29.3 Å². The smallest absolute Gasteiger partial charge is 0.123 e. The number of phenolic OH excluding ortho intramolecular Hbond substituents is 1. The Hall–Kier alpha value is -1.02. The summed E-state index contributed by atoms with van der Waals surface area (Å²) in [6.45, 7) is 9.64. The zero-order valence-electron chi connectivity index (χ0n) is 11.2. The summed E-state index contributed by atoms with van der Waals surface area (Å²) in [7, 11) is 0. The molecule has 0 spiro atoms. The second-order valence-electron chi connectivity index (χ2n) is 6.05. The summed E-state index contributed by atoms with van der Waals surface area (Å²) in [6, 6.07) is 6.14. The van der Waals surface area contributed by atoms with E-state index >= 15 is 0 Å². The molecular formula is C15H23NO. The van der Waals surface area contributed by atoms with Gasteiger partial charge in [-0.2, -0.15) is 0 Å². The Balaban J connectivity index is 2.22. The third-order valence-electron chi connectivity index (χ3n) is 3.52. The van der Waals surface area contributed by atoms with Crippen LogP contribution in [0.1, 0.15) is 44.7 Å². The van der Waals surface area contributed by atoms with Crippen LogP contribution in [-0.4, -0.2) is 23.1 Å². The van der Waals surface area contributed by atoms with Gasteiger partial charge in [-0.15, -0.1) is 0 Å². The topological polar surface area (TPSA) is 23.5 Å². The fraction of sp³-hybridized carbons (Fsp3) is 0.600. The molecule has 1 aromatic rings. The number of nitrogens with zero attached hydrogens (tertiary/aromatic N) is 1. The molecule has 1 aliphatic heterocycles. The van der Waals surface area contributed by atoms with E-state index in [9.17, 15) is 5.11 Å². The highest BCUT2D eigenvalue weighted by Gasteiger charge is 2.21. The van der Waals surface area contributed by atoms with Crippen LogP contribution in [0, 0.1) is 0 Å². The van der Waals surface area contributed by atoms with Gasteiger partial charge in [0.1, 0.15) is 5.75 Å². The van der Waals surface area contributed by atoms with Gasteiger partial charge in [-0.05, 0) is 36.9 Å². The molecular weight excluding hydrogens is 210 g/mol. The monoisotopic (exact) mass is 233 g/mol. The van der Waals surface area contributed by atoms with Crippen molar-refractivity contribution in [2.24, 2.45) is 0 Å². The second-order valence-corrected chi connectivity index (χ2v) is 6.05. The predicted molar refractivity (Wildman–Crippen MR) is 71.3 cm³/mol. The molecule has 2 rings (SSSR count). The Morgan fingerprint density at radius 2 is 1.82 bits per heavy atom. The summed E-state index contributed by atoms with van der Waals surface area (Å²) in [6.07, 6.45) is 2.58. The highest BCUT2D eigenvalue weighted by Crippen LogP contribution is 2.33. The van der Waals surface area contributed by atoms with Gasteiger partial charge in [-0.3, -0.25) is 4.90 Å². The van der Waals surface area contributed by atoms with Gasteiger partial charge in [0, 0.05) is 12.1 Å². The summed E-state index contributed by atoms with van der Waals surface area (Å²) in [5, 5.41) is 10.4. The molecule has 0 amide bonds. The molecule has 0 aromatic heterocycles. The number of para-hydroxylation sites is 1. The molecule has 17 heavy (non-hydrogen) atoms. The fourth-order valence-corrected chi connectivity index (χ4v) is 2.51. The maximum Gasteiger partial charge on any atom is 0.123 e. The van der Waals surface area contributed by atoms with E-state index in [-0.39, 0.29) is 5.41 Å². The number of aromatic hydroxyl groups is 1. The van der Waals surface area contributed by atoms with Crippen LogP contribution in [-0.2, 0) is 12.0 Å². The molecule has 2 nitrogen and oxygen atoms in total. The number of hydrogen-bond acceptors (Lipinski definition) is 2. The number of benzene rings is 1. The van der Waals surface area contributed by atoms with E-state index in [1.807, 2.05) is 12.1 Å². The van der Waals surface area contributed by atoms with Crippen molar-refractivity contribution in [3.8, 4) is 5.75 Å². The first-order chi connectivity index (χ1) is 7.98. The standard InChI is InChI=1S/C15H23NO/c1-15(2,3)13-8-6-7-12(14(13)17)11-16-9-4-5-10-16/h6-8,17H,4-5,9-11H2,1-3H3. The van der Waals surface area contributed by atoms with E-state index in [0.29, 0.717) is 5.75 Å². The molecule has 94 valence electrons. The van der Waals surface area contributed by atoms with E-state index in [0.717, 1.165) is 17.7 Å². The van der Waals surface area contributed by atoms with Crippen molar-refractivity contribution in [2.75, 3.05) is 13.1 Å². The van der Waals surface area contributed by atoms with Gasteiger partial charge >= 0.3 is 0 Å². The van der Waals surface area contributed by atoms with Crippen LogP contribution in [0.5, 0.6) is 5.75 Å². The highest BCUT2D eigenvalue weighted by molar-refractivity contribution is 5.43. The average Bonchev–Trinajstić information content (AvgIpc) is 2.72. The molecule has 0 aliphatic carbocycles. The van der Waals surface area contributed by atoms with Crippen molar-refractivity contribution in [3.63, 3.8) is 0 Å². The second kappa shape index (κ2) is 4.69. The van der Waals surface area contributed by atoms with E-state index in [1.165, 1.54) is 25.9 Å². The van der Waals surface area contributed by atoms with Crippen molar-refractivity contribution in [1.29, 1.82) is 0 Å². The van der Waals surface area contributed by atoms with Gasteiger partial charge in [0.15, 0.2) is 0 Å². The van der Waals surface area contributed by atoms with Crippen LogP contribution >= 0.6 is 0 Å². The van der Waals surface area contributed by atoms with Gasteiger partial charge < -0.3 is 5.11 Å². The highest BCUT2D eigenvalue weighted by atomic mass is 16.3. The van der Waals surface area contributed by atoms with Crippen LogP contribution in [0.25, 0.3) is 0 Å². The molecule has 1 saturated heterocycles. The molecule has 1 aliphatic rings. The lowest BCUT2D eigenvalue weighted by atomic mass is 9.85. The molecule has 0 atom stereocenters. The van der Waals surface area contributed by atoms with Crippen molar-refractivity contribution in [1.82, 2.24) is 4.90 Å². The summed E-state index contributed by atoms with van der Waals surface area (Å²) < 4.78 is 0. The third-order valence-corrected chi connectivity index (χ3v) is 3.52. The maximum absolute atomic E-state index is 10.4. The molecule has 1 N–H and O–H groups in total. The quantitative estimate of drug-likeness (QED) is 0.847. The summed E-state index contributed by atoms with van der Waals surface area (Å²) >= 11 is 0. The molecule has 1 aromatic carbocycles. The average molecular weight is 233 g/mol. The lowest BCUT2D eigenvalue weighted by molar-refractivity contribution is 0.322. The SMILES string of the molecule is CC(C)(C)c1cccc(CN2CCCC2)c1O. The van der Waals surface area contributed by atoms with Gasteiger partial charge in [-0.1, -0.05) is 39.0 Å². The van der Waals surface area contributed by atoms with Crippen molar-refractivity contribution in [2.45, 2.75) is 45.6 Å². The minimum absolute atomic E-state index is 0.00506. The first-order valence-electron chi connectivity index (χ1n) is 6.52. The first kappa shape index (κ1) is 12.4.